The lowest BCUT2D eigenvalue weighted by molar-refractivity contribution is -0.137. The van der Waals surface area contributed by atoms with Gasteiger partial charge in [-0.05, 0) is 26.0 Å². The number of allylic oxidation sites excluding steroid dienone is 1. The summed E-state index contributed by atoms with van der Waals surface area (Å²) in [6, 6.07) is 6.33. The molecule has 6 heteroatoms. The first-order valence-corrected chi connectivity index (χ1v) is 6.38. The van der Waals surface area contributed by atoms with Gasteiger partial charge in [-0.1, -0.05) is 12.1 Å². The number of benzene rings is 1. The molecule has 112 valence electrons. The minimum absolute atomic E-state index is 0.159. The van der Waals surface area contributed by atoms with Crippen LogP contribution in [-0.2, 0) is 14.3 Å². The van der Waals surface area contributed by atoms with E-state index in [0.29, 0.717) is 5.70 Å². The molecule has 1 N–H and O–H groups in total. The molecule has 0 atom stereocenters. The molecule has 1 amide bonds. The largest absolute Gasteiger partial charge is 0.463 e. The molecular weight excluding hydrogens is 274 g/mol. The van der Waals surface area contributed by atoms with Crippen molar-refractivity contribution in [2.45, 2.75) is 20.8 Å². The number of ether oxygens (including phenoxy) is 2. The van der Waals surface area contributed by atoms with E-state index in [9.17, 15) is 14.4 Å². The van der Waals surface area contributed by atoms with Crippen LogP contribution in [0.4, 0.5) is 0 Å². The molecule has 1 aromatic rings. The second-order valence-electron chi connectivity index (χ2n) is 4.12. The summed E-state index contributed by atoms with van der Waals surface area (Å²) in [6.07, 6.45) is 1.18. The summed E-state index contributed by atoms with van der Waals surface area (Å²) >= 11 is 0. The predicted octanol–water partition coefficient (Wildman–Crippen LogP) is 1.81. The molecule has 21 heavy (non-hydrogen) atoms. The Balaban J connectivity index is 2.85. The van der Waals surface area contributed by atoms with Crippen LogP contribution in [0.25, 0.3) is 0 Å². The average molecular weight is 291 g/mol. The number of hydrogen-bond acceptors (Lipinski definition) is 5. The molecule has 0 unspecified atom stereocenters. The molecule has 0 spiro atoms. The number of para-hydroxylation sites is 1. The van der Waals surface area contributed by atoms with Crippen LogP contribution >= 0.6 is 0 Å². The summed E-state index contributed by atoms with van der Waals surface area (Å²) in [6.45, 7) is 4.75. The molecule has 1 rings (SSSR count). The smallest absolute Gasteiger partial charge is 0.332 e. The van der Waals surface area contributed by atoms with Gasteiger partial charge in [0.1, 0.15) is 5.75 Å². The van der Waals surface area contributed by atoms with Gasteiger partial charge in [-0.25, -0.2) is 4.79 Å². The van der Waals surface area contributed by atoms with Gasteiger partial charge in [0.15, 0.2) is 0 Å². The first-order chi connectivity index (χ1) is 9.93. The van der Waals surface area contributed by atoms with Crippen molar-refractivity contribution in [1.82, 2.24) is 5.32 Å². The average Bonchev–Trinajstić information content (AvgIpc) is 2.38. The molecule has 0 heterocycles. The van der Waals surface area contributed by atoms with Crippen molar-refractivity contribution < 1.29 is 23.9 Å². The van der Waals surface area contributed by atoms with Gasteiger partial charge in [0, 0.05) is 18.7 Å². The lowest BCUT2D eigenvalue weighted by Gasteiger charge is -2.09. The van der Waals surface area contributed by atoms with Crippen molar-refractivity contribution in [3.05, 3.63) is 41.6 Å². The van der Waals surface area contributed by atoms with Crippen LogP contribution in [0.2, 0.25) is 0 Å². The lowest BCUT2D eigenvalue weighted by Crippen LogP contribution is -2.23. The van der Waals surface area contributed by atoms with Crippen molar-refractivity contribution in [3.8, 4) is 5.75 Å². The highest BCUT2D eigenvalue weighted by Crippen LogP contribution is 2.18. The fraction of sp³-hybridized carbons (Fsp3) is 0.267. The molecule has 0 saturated heterocycles. The molecule has 0 radical (unpaired) electrons. The molecule has 0 aliphatic rings. The summed E-state index contributed by atoms with van der Waals surface area (Å²) in [7, 11) is 0. The summed E-state index contributed by atoms with van der Waals surface area (Å²) < 4.78 is 9.70. The molecule has 0 bridgehead atoms. The van der Waals surface area contributed by atoms with Crippen LogP contribution < -0.4 is 10.1 Å². The lowest BCUT2D eigenvalue weighted by atomic mass is 10.2. The standard InChI is InChI=1S/C15H17NO5/c1-4-20-14(18)9-10(2)16-15(19)12-7-5-6-8-13(12)21-11(3)17/h5-9H,4H2,1-3H3,(H,16,19). The van der Waals surface area contributed by atoms with Gasteiger partial charge in [-0.3, -0.25) is 9.59 Å². The Kier molecular flexibility index (Phi) is 6.13. The van der Waals surface area contributed by atoms with Crippen LogP contribution in [0.1, 0.15) is 31.1 Å². The highest BCUT2D eigenvalue weighted by atomic mass is 16.5. The van der Waals surface area contributed by atoms with Crippen LogP contribution in [0.15, 0.2) is 36.0 Å². The number of amides is 1. The Morgan fingerprint density at radius 1 is 1.19 bits per heavy atom. The Morgan fingerprint density at radius 3 is 2.48 bits per heavy atom. The van der Waals surface area contributed by atoms with Crippen molar-refractivity contribution in [3.63, 3.8) is 0 Å². The first kappa shape index (κ1) is 16.4. The van der Waals surface area contributed by atoms with Crippen molar-refractivity contribution in [1.29, 1.82) is 0 Å². The number of rotatable bonds is 5. The summed E-state index contributed by atoms with van der Waals surface area (Å²) in [5, 5.41) is 2.53. The molecule has 0 aliphatic carbocycles. The second kappa shape index (κ2) is 7.84. The maximum absolute atomic E-state index is 12.1. The van der Waals surface area contributed by atoms with E-state index in [0.717, 1.165) is 0 Å². The maximum Gasteiger partial charge on any atom is 0.332 e. The highest BCUT2D eigenvalue weighted by Gasteiger charge is 2.14. The maximum atomic E-state index is 12.1. The highest BCUT2D eigenvalue weighted by molar-refractivity contribution is 5.99. The van der Waals surface area contributed by atoms with Gasteiger partial charge in [-0.15, -0.1) is 0 Å². The van der Waals surface area contributed by atoms with E-state index in [4.69, 9.17) is 9.47 Å². The molecule has 0 fully saturated rings. The molecule has 6 nitrogen and oxygen atoms in total. The zero-order chi connectivity index (χ0) is 15.8. The third-order valence-corrected chi connectivity index (χ3v) is 2.32. The summed E-state index contributed by atoms with van der Waals surface area (Å²) in [5.41, 5.74) is 0.528. The number of carbonyl (C=O) groups is 3. The quantitative estimate of drug-likeness (QED) is 0.508. The SMILES string of the molecule is CCOC(=O)C=C(C)NC(=O)c1ccccc1OC(C)=O. The molecule has 0 saturated carbocycles. The van der Waals surface area contributed by atoms with Gasteiger partial charge in [0.25, 0.3) is 5.91 Å². The van der Waals surface area contributed by atoms with E-state index >= 15 is 0 Å². The Hall–Kier alpha value is -2.63. The monoisotopic (exact) mass is 291 g/mol. The third kappa shape index (κ3) is 5.48. The minimum atomic E-state index is -0.538. The molecular formula is C15H17NO5. The van der Waals surface area contributed by atoms with E-state index in [1.807, 2.05) is 0 Å². The number of hydrogen-bond donors (Lipinski definition) is 1. The molecule has 1 aromatic carbocycles. The van der Waals surface area contributed by atoms with Crippen molar-refractivity contribution in [2.24, 2.45) is 0 Å². The van der Waals surface area contributed by atoms with E-state index in [2.05, 4.69) is 5.32 Å². The van der Waals surface area contributed by atoms with Crippen molar-refractivity contribution >= 4 is 17.8 Å². The van der Waals surface area contributed by atoms with Gasteiger partial charge in [0.2, 0.25) is 0 Å². The Morgan fingerprint density at radius 2 is 1.86 bits per heavy atom. The van der Waals surface area contributed by atoms with Gasteiger partial charge >= 0.3 is 11.9 Å². The van der Waals surface area contributed by atoms with Gasteiger partial charge < -0.3 is 14.8 Å². The molecule has 0 aliphatic heterocycles. The first-order valence-electron chi connectivity index (χ1n) is 6.38. The minimum Gasteiger partial charge on any atom is -0.463 e. The van der Waals surface area contributed by atoms with Crippen molar-refractivity contribution in [2.75, 3.05) is 6.61 Å². The van der Waals surface area contributed by atoms with Crippen LogP contribution in [0, 0.1) is 0 Å². The van der Waals surface area contributed by atoms with Crippen LogP contribution in [-0.4, -0.2) is 24.5 Å². The summed E-state index contributed by atoms with van der Waals surface area (Å²) in [5.74, 6) is -1.38. The number of esters is 2. The van der Waals surface area contributed by atoms with E-state index in [1.165, 1.54) is 25.1 Å². The Labute approximate surface area is 122 Å². The van der Waals surface area contributed by atoms with E-state index in [1.54, 1.807) is 26.0 Å². The van der Waals surface area contributed by atoms with Gasteiger partial charge in [-0.2, -0.15) is 0 Å². The van der Waals surface area contributed by atoms with E-state index in [-0.39, 0.29) is 17.9 Å². The zero-order valence-electron chi connectivity index (χ0n) is 12.1. The topological polar surface area (TPSA) is 81.7 Å². The van der Waals surface area contributed by atoms with E-state index < -0.39 is 17.8 Å². The van der Waals surface area contributed by atoms with Gasteiger partial charge in [0.05, 0.1) is 12.2 Å². The third-order valence-electron chi connectivity index (χ3n) is 2.32. The fourth-order valence-electron chi connectivity index (χ4n) is 1.54. The zero-order valence-corrected chi connectivity index (χ0v) is 12.1. The second-order valence-corrected chi connectivity index (χ2v) is 4.12. The number of nitrogens with one attached hydrogen (secondary N) is 1. The number of carbonyl (C=O) groups excluding carboxylic acids is 3. The predicted molar refractivity (Wildman–Crippen MR) is 75.6 cm³/mol. The molecule has 0 aromatic heterocycles. The normalized spacial score (nSPS) is 10.7. The Bertz CT molecular complexity index is 577. The summed E-state index contributed by atoms with van der Waals surface area (Å²) in [4.78, 5) is 34.4. The fourth-order valence-corrected chi connectivity index (χ4v) is 1.54. The van der Waals surface area contributed by atoms with Crippen LogP contribution in [0.5, 0.6) is 5.75 Å². The van der Waals surface area contributed by atoms with Crippen LogP contribution in [0.3, 0.4) is 0 Å².